The van der Waals surface area contributed by atoms with Gasteiger partial charge in [0.15, 0.2) is 0 Å². The number of piperazine rings is 1. The molecule has 2 heterocycles. The van der Waals surface area contributed by atoms with Crippen molar-refractivity contribution in [3.05, 3.63) is 45.7 Å². The summed E-state index contributed by atoms with van der Waals surface area (Å²) in [4.78, 5) is 31.5. The molecule has 0 aliphatic carbocycles. The van der Waals surface area contributed by atoms with Gasteiger partial charge in [-0.3, -0.25) is 14.5 Å². The van der Waals surface area contributed by atoms with Crippen molar-refractivity contribution < 1.29 is 4.79 Å². The van der Waals surface area contributed by atoms with Gasteiger partial charge in [0.05, 0.1) is 0 Å². The average Bonchev–Trinajstić information content (AvgIpc) is 2.55. The number of nitrogens with one attached hydrogen (secondary N) is 1. The molecule has 0 saturated carbocycles. The summed E-state index contributed by atoms with van der Waals surface area (Å²) in [6.07, 6.45) is 0. The van der Waals surface area contributed by atoms with Crippen molar-refractivity contribution in [2.24, 2.45) is 5.92 Å². The summed E-state index contributed by atoms with van der Waals surface area (Å²) < 4.78 is 0. The van der Waals surface area contributed by atoms with E-state index in [9.17, 15) is 9.59 Å². The van der Waals surface area contributed by atoms with E-state index in [1.165, 1.54) is 0 Å². The fourth-order valence-corrected chi connectivity index (χ4v) is 3.21. The maximum Gasteiger partial charge on any atom is 0.252 e. The highest BCUT2D eigenvalue weighted by Crippen LogP contribution is 2.15. The van der Waals surface area contributed by atoms with Gasteiger partial charge in [0.1, 0.15) is 0 Å². The fraction of sp³-hybridized carbons (Fsp3) is 0.474. The Morgan fingerprint density at radius 3 is 2.54 bits per heavy atom. The van der Waals surface area contributed by atoms with Crippen molar-refractivity contribution in [1.82, 2.24) is 14.8 Å². The molecule has 1 fully saturated rings. The summed E-state index contributed by atoms with van der Waals surface area (Å²) in [6.45, 7) is 9.61. The predicted molar refractivity (Wildman–Crippen MR) is 96.0 cm³/mol. The molecule has 2 aromatic rings. The number of aromatic amines is 1. The first-order valence-electron chi connectivity index (χ1n) is 8.58. The predicted octanol–water partition coefficient (Wildman–Crippen LogP) is 2.14. The van der Waals surface area contributed by atoms with E-state index in [4.69, 9.17) is 0 Å². The first-order valence-corrected chi connectivity index (χ1v) is 8.58. The molecule has 5 nitrogen and oxygen atoms in total. The van der Waals surface area contributed by atoms with E-state index < -0.39 is 0 Å². The van der Waals surface area contributed by atoms with Crippen molar-refractivity contribution in [3.8, 4) is 0 Å². The number of carbonyl (C=O) groups is 1. The number of hydrogen-bond donors (Lipinski definition) is 1. The molecule has 0 bridgehead atoms. The van der Waals surface area contributed by atoms with E-state index in [1.54, 1.807) is 0 Å². The Kier molecular flexibility index (Phi) is 4.71. The van der Waals surface area contributed by atoms with Crippen LogP contribution in [0.5, 0.6) is 0 Å². The van der Waals surface area contributed by atoms with Crippen LogP contribution in [0.4, 0.5) is 0 Å². The molecule has 5 heteroatoms. The number of carbonyl (C=O) groups excluding carboxylic acids is 1. The molecule has 0 unspecified atom stereocenters. The minimum absolute atomic E-state index is 0.0196. The Bertz CT molecular complexity index is 802. The standard InChI is InChI=1S/C19H25N3O2/c1-13(2)19(24)22-8-6-21(7-9-22)12-16-11-15-5-4-14(3)10-17(15)20-18(16)23/h4-5,10-11,13H,6-9,12H2,1-3H3,(H,20,23). The Balaban J connectivity index is 1.70. The molecular weight excluding hydrogens is 302 g/mol. The van der Waals surface area contributed by atoms with Crippen LogP contribution in [0.3, 0.4) is 0 Å². The lowest BCUT2D eigenvalue weighted by Gasteiger charge is -2.35. The number of pyridine rings is 1. The van der Waals surface area contributed by atoms with Crippen LogP contribution in [-0.4, -0.2) is 46.9 Å². The molecular formula is C19H25N3O2. The van der Waals surface area contributed by atoms with Gasteiger partial charge in [-0.1, -0.05) is 26.0 Å². The highest BCUT2D eigenvalue weighted by atomic mass is 16.2. The number of aryl methyl sites for hydroxylation is 1. The Morgan fingerprint density at radius 1 is 1.17 bits per heavy atom. The Hall–Kier alpha value is -2.14. The Morgan fingerprint density at radius 2 is 1.88 bits per heavy atom. The summed E-state index contributed by atoms with van der Waals surface area (Å²) in [5, 5.41) is 1.06. The van der Waals surface area contributed by atoms with Crippen LogP contribution in [0.1, 0.15) is 25.0 Å². The van der Waals surface area contributed by atoms with Crippen molar-refractivity contribution in [1.29, 1.82) is 0 Å². The minimum atomic E-state index is -0.0196. The van der Waals surface area contributed by atoms with Gasteiger partial charge >= 0.3 is 0 Å². The number of benzene rings is 1. The minimum Gasteiger partial charge on any atom is -0.340 e. The maximum atomic E-state index is 12.3. The maximum absolute atomic E-state index is 12.3. The summed E-state index contributed by atoms with van der Waals surface area (Å²) in [7, 11) is 0. The van der Waals surface area contributed by atoms with Crippen molar-refractivity contribution in [2.45, 2.75) is 27.3 Å². The average molecular weight is 327 g/mol. The quantitative estimate of drug-likeness (QED) is 0.940. The lowest BCUT2D eigenvalue weighted by molar-refractivity contribution is -0.136. The second-order valence-electron chi connectivity index (χ2n) is 6.97. The van der Waals surface area contributed by atoms with Gasteiger partial charge in [-0.05, 0) is 30.0 Å². The molecule has 0 atom stereocenters. The molecule has 24 heavy (non-hydrogen) atoms. The van der Waals surface area contributed by atoms with E-state index in [0.29, 0.717) is 6.54 Å². The molecule has 1 N–H and O–H groups in total. The molecule has 1 aliphatic rings. The van der Waals surface area contributed by atoms with E-state index in [2.05, 4.69) is 16.0 Å². The largest absolute Gasteiger partial charge is 0.340 e. The van der Waals surface area contributed by atoms with Crippen LogP contribution in [-0.2, 0) is 11.3 Å². The lowest BCUT2D eigenvalue weighted by Crippen LogP contribution is -2.49. The van der Waals surface area contributed by atoms with Crippen LogP contribution in [0, 0.1) is 12.8 Å². The van der Waals surface area contributed by atoms with Gasteiger partial charge in [-0.25, -0.2) is 0 Å². The highest BCUT2D eigenvalue weighted by Gasteiger charge is 2.23. The summed E-state index contributed by atoms with van der Waals surface area (Å²) >= 11 is 0. The first-order chi connectivity index (χ1) is 11.4. The zero-order valence-electron chi connectivity index (χ0n) is 14.6. The van der Waals surface area contributed by atoms with Crippen molar-refractivity contribution in [2.75, 3.05) is 26.2 Å². The molecule has 1 aliphatic heterocycles. The number of fused-ring (bicyclic) bond motifs is 1. The van der Waals surface area contributed by atoms with Gasteiger partial charge in [0.2, 0.25) is 5.91 Å². The molecule has 3 rings (SSSR count). The number of H-pyrrole nitrogens is 1. The number of hydrogen-bond acceptors (Lipinski definition) is 3. The van der Waals surface area contributed by atoms with Crippen LogP contribution in [0.25, 0.3) is 10.9 Å². The molecule has 1 saturated heterocycles. The van der Waals surface area contributed by atoms with Gasteiger partial charge in [0, 0.05) is 49.7 Å². The monoisotopic (exact) mass is 327 g/mol. The molecule has 1 aromatic carbocycles. The summed E-state index contributed by atoms with van der Waals surface area (Å²) in [6, 6.07) is 8.08. The van der Waals surface area contributed by atoms with Crippen LogP contribution < -0.4 is 5.56 Å². The molecule has 0 radical (unpaired) electrons. The summed E-state index contributed by atoms with van der Waals surface area (Å²) in [5.74, 6) is 0.261. The number of rotatable bonds is 3. The van der Waals surface area contributed by atoms with Crippen LogP contribution in [0.2, 0.25) is 0 Å². The zero-order chi connectivity index (χ0) is 17.3. The third kappa shape index (κ3) is 3.51. The topological polar surface area (TPSA) is 56.4 Å². The van der Waals surface area contributed by atoms with E-state index in [0.717, 1.165) is 48.2 Å². The van der Waals surface area contributed by atoms with Crippen LogP contribution in [0.15, 0.2) is 29.1 Å². The van der Waals surface area contributed by atoms with Crippen molar-refractivity contribution in [3.63, 3.8) is 0 Å². The SMILES string of the molecule is Cc1ccc2cc(CN3CCN(C(=O)C(C)C)CC3)c(=O)[nH]c2c1. The van der Waals surface area contributed by atoms with E-state index >= 15 is 0 Å². The molecule has 1 aromatic heterocycles. The van der Waals surface area contributed by atoms with Gasteiger partial charge in [0.25, 0.3) is 5.56 Å². The van der Waals surface area contributed by atoms with E-state index in [-0.39, 0.29) is 17.4 Å². The highest BCUT2D eigenvalue weighted by molar-refractivity contribution is 5.79. The third-order valence-electron chi connectivity index (χ3n) is 4.65. The van der Waals surface area contributed by atoms with Gasteiger partial charge in [-0.2, -0.15) is 0 Å². The second kappa shape index (κ2) is 6.77. The second-order valence-corrected chi connectivity index (χ2v) is 6.97. The number of aromatic nitrogens is 1. The Labute approximate surface area is 142 Å². The van der Waals surface area contributed by atoms with Gasteiger partial charge in [-0.15, -0.1) is 0 Å². The first kappa shape index (κ1) is 16.7. The smallest absolute Gasteiger partial charge is 0.252 e. The number of nitrogens with zero attached hydrogens (tertiary/aromatic N) is 2. The molecule has 0 spiro atoms. The third-order valence-corrected chi connectivity index (χ3v) is 4.65. The van der Waals surface area contributed by atoms with Gasteiger partial charge < -0.3 is 9.88 Å². The zero-order valence-corrected chi connectivity index (χ0v) is 14.6. The molecule has 128 valence electrons. The molecule has 1 amide bonds. The lowest BCUT2D eigenvalue weighted by atomic mass is 10.1. The fourth-order valence-electron chi connectivity index (χ4n) is 3.21. The van der Waals surface area contributed by atoms with Crippen molar-refractivity contribution >= 4 is 16.8 Å². The summed E-state index contributed by atoms with van der Waals surface area (Å²) in [5.41, 5.74) is 2.79. The van der Waals surface area contributed by atoms with E-state index in [1.807, 2.05) is 43.9 Å². The number of amides is 1. The van der Waals surface area contributed by atoms with Crippen LogP contribution >= 0.6 is 0 Å². The normalized spacial score (nSPS) is 16.1.